The number of hydrogen-bond donors (Lipinski definition) is 2. The molecule has 0 radical (unpaired) electrons. The van der Waals surface area contributed by atoms with Crippen LogP contribution in [0.1, 0.15) is 59.5 Å². The quantitative estimate of drug-likeness (QED) is 0.191. The summed E-state index contributed by atoms with van der Waals surface area (Å²) in [5.41, 5.74) is 6.60. The molecule has 0 bridgehead atoms. The first-order chi connectivity index (χ1) is 20.1. The average Bonchev–Trinajstić information content (AvgIpc) is 2.97. The van der Waals surface area contributed by atoms with Crippen LogP contribution in [-0.2, 0) is 0 Å². The highest BCUT2D eigenvalue weighted by molar-refractivity contribution is 6.05. The van der Waals surface area contributed by atoms with Crippen molar-refractivity contribution in [2.24, 2.45) is 11.8 Å². The molecule has 2 N–H and O–H groups in total. The second-order valence-electron chi connectivity index (χ2n) is 11.4. The Morgan fingerprint density at radius 2 is 0.929 bits per heavy atom. The van der Waals surface area contributed by atoms with E-state index in [2.05, 4.69) is 50.5 Å². The van der Waals surface area contributed by atoms with E-state index in [9.17, 15) is 9.59 Å². The number of rotatable bonds is 11. The normalized spacial score (nSPS) is 11.0. The summed E-state index contributed by atoms with van der Waals surface area (Å²) in [6.07, 6.45) is 0. The van der Waals surface area contributed by atoms with E-state index >= 15 is 0 Å². The minimum Gasteiger partial charge on any atom is -0.493 e. The standard InChI is InChI=1S/C36H40N2O4/c1-23(2)21-41-31-13-7-27(8-14-31)35(39)37-33-17-11-29(19-25(33)5)30-12-18-34(26(6)20-30)38-36(40)28-9-15-32(16-10-28)42-22-24(3)4/h7-20,23-24H,21-22H2,1-6H3,(H,37,39)(H,38,40). The second kappa shape index (κ2) is 13.9. The van der Waals surface area contributed by atoms with Gasteiger partial charge in [0, 0.05) is 22.5 Å². The van der Waals surface area contributed by atoms with Gasteiger partial charge in [-0.3, -0.25) is 9.59 Å². The molecule has 0 aliphatic heterocycles. The SMILES string of the molecule is Cc1cc(-c2ccc(NC(=O)c3ccc(OCC(C)C)cc3)c(C)c2)ccc1NC(=O)c1ccc(OCC(C)C)cc1. The third-order valence-corrected chi connectivity index (χ3v) is 6.68. The van der Waals surface area contributed by atoms with Crippen LogP contribution < -0.4 is 20.1 Å². The Morgan fingerprint density at radius 3 is 1.24 bits per heavy atom. The van der Waals surface area contributed by atoms with Crippen LogP contribution in [0.25, 0.3) is 11.1 Å². The van der Waals surface area contributed by atoms with E-state index in [1.165, 1.54) is 0 Å². The van der Waals surface area contributed by atoms with Crippen molar-refractivity contribution >= 4 is 23.2 Å². The fourth-order valence-corrected chi connectivity index (χ4v) is 4.29. The van der Waals surface area contributed by atoms with Crippen molar-refractivity contribution in [3.8, 4) is 22.6 Å². The molecular weight excluding hydrogens is 524 g/mol. The monoisotopic (exact) mass is 564 g/mol. The Labute approximate surface area is 249 Å². The van der Waals surface area contributed by atoms with Gasteiger partial charge in [0.25, 0.3) is 11.8 Å². The average molecular weight is 565 g/mol. The van der Waals surface area contributed by atoms with E-state index in [4.69, 9.17) is 9.47 Å². The number of aryl methyl sites for hydroxylation is 2. The van der Waals surface area contributed by atoms with Crippen molar-refractivity contribution in [2.75, 3.05) is 23.8 Å². The summed E-state index contributed by atoms with van der Waals surface area (Å²) in [6, 6.07) is 26.3. The van der Waals surface area contributed by atoms with E-state index in [1.54, 1.807) is 24.3 Å². The number of anilines is 2. The highest BCUT2D eigenvalue weighted by Crippen LogP contribution is 2.29. The first-order valence-electron chi connectivity index (χ1n) is 14.4. The van der Waals surface area contributed by atoms with E-state index in [0.29, 0.717) is 36.2 Å². The van der Waals surface area contributed by atoms with Crippen LogP contribution in [0.5, 0.6) is 11.5 Å². The maximum Gasteiger partial charge on any atom is 0.255 e. The Kier molecular flexibility index (Phi) is 10.0. The van der Waals surface area contributed by atoms with Gasteiger partial charge < -0.3 is 20.1 Å². The number of hydrogen-bond acceptors (Lipinski definition) is 4. The summed E-state index contributed by atoms with van der Waals surface area (Å²) in [7, 11) is 0. The lowest BCUT2D eigenvalue weighted by Crippen LogP contribution is -2.13. The Morgan fingerprint density at radius 1 is 0.571 bits per heavy atom. The molecule has 0 aromatic heterocycles. The van der Waals surface area contributed by atoms with Crippen LogP contribution >= 0.6 is 0 Å². The van der Waals surface area contributed by atoms with E-state index in [-0.39, 0.29) is 11.8 Å². The van der Waals surface area contributed by atoms with Gasteiger partial charge in [0.2, 0.25) is 0 Å². The molecule has 42 heavy (non-hydrogen) atoms. The summed E-state index contributed by atoms with van der Waals surface area (Å²) < 4.78 is 11.4. The van der Waals surface area contributed by atoms with Gasteiger partial charge in [-0.15, -0.1) is 0 Å². The predicted molar refractivity (Wildman–Crippen MR) is 171 cm³/mol. The van der Waals surface area contributed by atoms with Crippen molar-refractivity contribution in [3.05, 3.63) is 107 Å². The zero-order valence-corrected chi connectivity index (χ0v) is 25.3. The van der Waals surface area contributed by atoms with Gasteiger partial charge in [0.15, 0.2) is 0 Å². The van der Waals surface area contributed by atoms with Crippen LogP contribution in [0.3, 0.4) is 0 Å². The maximum absolute atomic E-state index is 12.8. The zero-order valence-electron chi connectivity index (χ0n) is 25.3. The van der Waals surface area contributed by atoms with Gasteiger partial charge in [-0.05, 0) is 121 Å². The molecule has 6 nitrogen and oxygen atoms in total. The van der Waals surface area contributed by atoms with Crippen molar-refractivity contribution in [3.63, 3.8) is 0 Å². The summed E-state index contributed by atoms with van der Waals surface area (Å²) in [5, 5.41) is 6.03. The molecule has 6 heteroatoms. The molecule has 0 saturated heterocycles. The molecule has 0 aliphatic rings. The minimum absolute atomic E-state index is 0.171. The topological polar surface area (TPSA) is 76.7 Å². The first-order valence-corrected chi connectivity index (χ1v) is 14.4. The molecule has 0 atom stereocenters. The van der Waals surface area contributed by atoms with Crippen molar-refractivity contribution in [2.45, 2.75) is 41.5 Å². The molecular formula is C36H40N2O4. The number of ether oxygens (including phenoxy) is 2. The molecule has 0 saturated carbocycles. The van der Waals surface area contributed by atoms with Crippen molar-refractivity contribution < 1.29 is 19.1 Å². The lowest BCUT2D eigenvalue weighted by atomic mass is 9.99. The molecule has 4 aromatic rings. The molecule has 4 rings (SSSR count). The Hall–Kier alpha value is -4.58. The Balaban J connectivity index is 1.38. The van der Waals surface area contributed by atoms with Gasteiger partial charge in [0.05, 0.1) is 13.2 Å². The van der Waals surface area contributed by atoms with E-state index in [1.807, 2.05) is 62.4 Å². The highest BCUT2D eigenvalue weighted by atomic mass is 16.5. The zero-order chi connectivity index (χ0) is 30.2. The molecule has 0 heterocycles. The van der Waals surface area contributed by atoms with Gasteiger partial charge in [-0.25, -0.2) is 0 Å². The van der Waals surface area contributed by atoms with Gasteiger partial charge in [-0.1, -0.05) is 39.8 Å². The molecule has 0 unspecified atom stereocenters. The van der Waals surface area contributed by atoms with Gasteiger partial charge >= 0.3 is 0 Å². The third-order valence-electron chi connectivity index (χ3n) is 6.68. The van der Waals surface area contributed by atoms with Crippen molar-refractivity contribution in [1.82, 2.24) is 0 Å². The number of benzene rings is 4. The van der Waals surface area contributed by atoms with Crippen LogP contribution in [0.2, 0.25) is 0 Å². The number of nitrogens with one attached hydrogen (secondary N) is 2. The fourth-order valence-electron chi connectivity index (χ4n) is 4.29. The molecule has 2 amide bonds. The maximum atomic E-state index is 12.8. The molecule has 0 fully saturated rings. The number of amides is 2. The lowest BCUT2D eigenvalue weighted by Gasteiger charge is -2.14. The molecule has 0 spiro atoms. The first kappa shape index (κ1) is 30.4. The van der Waals surface area contributed by atoms with Crippen LogP contribution in [0, 0.1) is 25.7 Å². The highest BCUT2D eigenvalue weighted by Gasteiger charge is 2.12. The molecule has 0 aliphatic carbocycles. The summed E-state index contributed by atoms with van der Waals surface area (Å²) in [5.74, 6) is 2.03. The third kappa shape index (κ3) is 8.23. The summed E-state index contributed by atoms with van der Waals surface area (Å²) in [4.78, 5) is 25.7. The second-order valence-corrected chi connectivity index (χ2v) is 11.4. The smallest absolute Gasteiger partial charge is 0.255 e. The fraction of sp³-hybridized carbons (Fsp3) is 0.278. The van der Waals surface area contributed by atoms with Gasteiger partial charge in [0.1, 0.15) is 11.5 Å². The lowest BCUT2D eigenvalue weighted by molar-refractivity contribution is 0.101. The Bertz CT molecular complexity index is 1410. The number of carbonyl (C=O) groups excluding carboxylic acids is 2. The largest absolute Gasteiger partial charge is 0.493 e. The molecule has 4 aromatic carbocycles. The van der Waals surface area contributed by atoms with Crippen molar-refractivity contribution in [1.29, 1.82) is 0 Å². The summed E-state index contributed by atoms with van der Waals surface area (Å²) >= 11 is 0. The van der Waals surface area contributed by atoms with E-state index < -0.39 is 0 Å². The molecule has 218 valence electrons. The summed E-state index contributed by atoms with van der Waals surface area (Å²) in [6.45, 7) is 13.6. The van der Waals surface area contributed by atoms with Crippen LogP contribution in [0.15, 0.2) is 84.9 Å². The number of carbonyl (C=O) groups is 2. The van der Waals surface area contributed by atoms with E-state index in [0.717, 1.165) is 45.1 Å². The predicted octanol–water partition coefficient (Wildman–Crippen LogP) is 8.54. The van der Waals surface area contributed by atoms with Crippen LogP contribution in [0.4, 0.5) is 11.4 Å². The minimum atomic E-state index is -0.171. The van der Waals surface area contributed by atoms with Gasteiger partial charge in [-0.2, -0.15) is 0 Å². The van der Waals surface area contributed by atoms with Crippen LogP contribution in [-0.4, -0.2) is 25.0 Å².